The van der Waals surface area contributed by atoms with Crippen LogP contribution in [-0.4, -0.2) is 19.1 Å². The molecule has 0 aliphatic rings. The van der Waals surface area contributed by atoms with Crippen LogP contribution in [0, 0.1) is 0 Å². The lowest BCUT2D eigenvalue weighted by molar-refractivity contribution is 1.08. The molecule has 9 aromatic rings. The van der Waals surface area contributed by atoms with Crippen LogP contribution < -0.4 is 0 Å². The number of para-hydroxylation sites is 3. The lowest BCUT2D eigenvalue weighted by Crippen LogP contribution is -1.98. The number of rotatable bonds is 3. The Labute approximate surface area is 241 Å². The van der Waals surface area contributed by atoms with Crippen molar-refractivity contribution < 1.29 is 0 Å². The molecule has 9 rings (SSSR count). The van der Waals surface area contributed by atoms with Crippen LogP contribution in [0.1, 0.15) is 0 Å². The molecule has 5 aromatic carbocycles. The number of fused-ring (bicyclic) bond motifs is 8. The Balaban J connectivity index is 1.41. The molecule has 0 aliphatic heterocycles. The number of nitrogens with zero attached hydrogens (tertiary/aromatic N) is 4. The summed E-state index contributed by atoms with van der Waals surface area (Å²) in [5.74, 6) is 0.891. The second-order valence-electron chi connectivity index (χ2n) is 10.7. The van der Waals surface area contributed by atoms with Crippen molar-refractivity contribution in [2.45, 2.75) is 0 Å². The molecule has 0 N–H and O–H groups in total. The molecule has 0 bridgehead atoms. The Morgan fingerprint density at radius 3 is 2.02 bits per heavy atom. The lowest BCUT2D eigenvalue weighted by Gasteiger charge is -2.12. The third kappa shape index (κ3) is 3.29. The van der Waals surface area contributed by atoms with E-state index in [0.29, 0.717) is 0 Å². The van der Waals surface area contributed by atoms with Gasteiger partial charge in [-0.25, -0.2) is 4.98 Å². The van der Waals surface area contributed by atoms with Gasteiger partial charge in [0.25, 0.3) is 0 Å². The van der Waals surface area contributed by atoms with Gasteiger partial charge < -0.3 is 4.57 Å². The van der Waals surface area contributed by atoms with Gasteiger partial charge >= 0.3 is 0 Å². The maximum Gasteiger partial charge on any atom is 0.138 e. The Morgan fingerprint density at radius 1 is 0.452 bits per heavy atom. The fraction of sp³-hybridized carbons (Fsp3) is 0. The first kappa shape index (κ1) is 23.0. The van der Waals surface area contributed by atoms with E-state index >= 15 is 0 Å². The van der Waals surface area contributed by atoms with Crippen LogP contribution in [0.15, 0.2) is 146 Å². The van der Waals surface area contributed by atoms with Crippen molar-refractivity contribution >= 4 is 54.4 Å². The second kappa shape index (κ2) is 8.88. The van der Waals surface area contributed by atoms with Crippen molar-refractivity contribution in [1.82, 2.24) is 19.1 Å². The quantitative estimate of drug-likeness (QED) is 0.225. The third-order valence-electron chi connectivity index (χ3n) is 8.43. The van der Waals surface area contributed by atoms with E-state index in [1.807, 2.05) is 18.5 Å². The summed E-state index contributed by atoms with van der Waals surface area (Å²) in [7, 11) is 0. The van der Waals surface area contributed by atoms with Gasteiger partial charge in [0.1, 0.15) is 5.82 Å². The van der Waals surface area contributed by atoms with E-state index in [0.717, 1.165) is 28.1 Å². The van der Waals surface area contributed by atoms with Crippen molar-refractivity contribution in [2.24, 2.45) is 0 Å². The van der Waals surface area contributed by atoms with Crippen molar-refractivity contribution in [3.8, 4) is 22.6 Å². The topological polar surface area (TPSA) is 35.6 Å². The largest absolute Gasteiger partial charge is 0.309 e. The molecule has 4 heterocycles. The minimum atomic E-state index is 0.891. The molecule has 4 heteroatoms. The van der Waals surface area contributed by atoms with Crippen LogP contribution in [0.3, 0.4) is 0 Å². The first-order chi connectivity index (χ1) is 20.8. The van der Waals surface area contributed by atoms with Crippen molar-refractivity contribution in [3.63, 3.8) is 0 Å². The maximum atomic E-state index is 4.91. The summed E-state index contributed by atoms with van der Waals surface area (Å²) in [6, 6.07) is 45.5. The standard InChI is InChI=1S/C38H24N4/c1-2-10-28(11-3-1)41-34-14-6-5-13-30(34)33-23-32-26(21-36(33)41)16-17-31-29-12-4-7-15-35(29)42(38(31)32)37-22-25(18-20-40-37)27-9-8-19-39-24-27/h1-24H. The molecule has 0 unspecified atom stereocenters. The number of aromatic nitrogens is 4. The molecule has 4 aromatic heterocycles. The highest BCUT2D eigenvalue weighted by Crippen LogP contribution is 2.40. The van der Waals surface area contributed by atoms with Crippen LogP contribution in [-0.2, 0) is 0 Å². The molecule has 4 nitrogen and oxygen atoms in total. The molecule has 0 fully saturated rings. The van der Waals surface area contributed by atoms with Crippen LogP contribution in [0.2, 0.25) is 0 Å². The molecule has 0 atom stereocenters. The maximum absolute atomic E-state index is 4.91. The summed E-state index contributed by atoms with van der Waals surface area (Å²) in [5, 5.41) is 7.33. The van der Waals surface area contributed by atoms with Crippen molar-refractivity contribution in [2.75, 3.05) is 0 Å². The monoisotopic (exact) mass is 536 g/mol. The van der Waals surface area contributed by atoms with Gasteiger partial charge in [0.15, 0.2) is 0 Å². The third-order valence-corrected chi connectivity index (χ3v) is 8.43. The zero-order valence-corrected chi connectivity index (χ0v) is 22.6. The van der Waals surface area contributed by atoms with E-state index in [1.54, 1.807) is 6.20 Å². The van der Waals surface area contributed by atoms with E-state index in [-0.39, 0.29) is 0 Å². The van der Waals surface area contributed by atoms with E-state index in [1.165, 1.54) is 48.9 Å². The Kier molecular flexibility index (Phi) is 4.87. The van der Waals surface area contributed by atoms with E-state index < -0.39 is 0 Å². The van der Waals surface area contributed by atoms with Gasteiger partial charge in [-0.05, 0) is 65.5 Å². The zero-order valence-electron chi connectivity index (χ0n) is 22.6. The molecule has 0 saturated carbocycles. The minimum Gasteiger partial charge on any atom is -0.309 e. The van der Waals surface area contributed by atoms with Crippen molar-refractivity contribution in [3.05, 3.63) is 146 Å². The highest BCUT2D eigenvalue weighted by atomic mass is 15.1. The first-order valence-corrected chi connectivity index (χ1v) is 14.2. The predicted molar refractivity (Wildman–Crippen MR) is 174 cm³/mol. The minimum absolute atomic E-state index is 0.891. The molecule has 0 saturated heterocycles. The van der Waals surface area contributed by atoms with E-state index in [9.17, 15) is 0 Å². The molecule has 0 amide bonds. The van der Waals surface area contributed by atoms with Crippen molar-refractivity contribution in [1.29, 1.82) is 0 Å². The van der Waals surface area contributed by atoms with Crippen LogP contribution in [0.25, 0.3) is 77.0 Å². The summed E-state index contributed by atoms with van der Waals surface area (Å²) in [4.78, 5) is 9.25. The molecule has 42 heavy (non-hydrogen) atoms. The van der Waals surface area contributed by atoms with E-state index in [4.69, 9.17) is 4.98 Å². The Bertz CT molecular complexity index is 2450. The summed E-state index contributed by atoms with van der Waals surface area (Å²) >= 11 is 0. The summed E-state index contributed by atoms with van der Waals surface area (Å²) < 4.78 is 4.71. The molecule has 196 valence electrons. The van der Waals surface area contributed by atoms with Crippen LogP contribution >= 0.6 is 0 Å². The van der Waals surface area contributed by atoms with Gasteiger partial charge in [-0.15, -0.1) is 0 Å². The summed E-state index contributed by atoms with van der Waals surface area (Å²) in [5.41, 5.74) is 8.04. The van der Waals surface area contributed by atoms with Gasteiger partial charge in [-0.2, -0.15) is 0 Å². The number of benzene rings is 5. The Hall–Kier alpha value is -5.74. The molecule has 0 radical (unpaired) electrons. The Morgan fingerprint density at radius 2 is 1.21 bits per heavy atom. The van der Waals surface area contributed by atoms with Crippen LogP contribution in [0.4, 0.5) is 0 Å². The molecule has 0 spiro atoms. The molecular weight excluding hydrogens is 512 g/mol. The summed E-state index contributed by atoms with van der Waals surface area (Å²) in [6.07, 6.45) is 5.61. The number of pyridine rings is 2. The highest BCUT2D eigenvalue weighted by molar-refractivity contribution is 6.22. The molecule has 0 aliphatic carbocycles. The van der Waals surface area contributed by atoms with Crippen LogP contribution in [0.5, 0.6) is 0 Å². The van der Waals surface area contributed by atoms with Gasteiger partial charge in [0.05, 0.1) is 22.1 Å². The normalized spacial score (nSPS) is 11.8. The van der Waals surface area contributed by atoms with Gasteiger partial charge in [-0.3, -0.25) is 9.55 Å². The SMILES string of the molecule is c1ccc(-n2c3ccccc3c3cc4c(ccc5c6ccccc6n(-c6cc(-c7cccnc7)ccn6)c45)cc32)cc1. The number of hydrogen-bond acceptors (Lipinski definition) is 2. The average molecular weight is 537 g/mol. The second-order valence-corrected chi connectivity index (χ2v) is 10.7. The predicted octanol–water partition coefficient (Wildman–Crippen LogP) is 9.49. The highest BCUT2D eigenvalue weighted by Gasteiger charge is 2.19. The van der Waals surface area contributed by atoms with Gasteiger partial charge in [0.2, 0.25) is 0 Å². The molecular formula is C38H24N4. The van der Waals surface area contributed by atoms with E-state index in [2.05, 4.69) is 135 Å². The zero-order chi connectivity index (χ0) is 27.6. The van der Waals surface area contributed by atoms with Gasteiger partial charge in [-0.1, -0.05) is 72.8 Å². The number of hydrogen-bond donors (Lipinski definition) is 0. The first-order valence-electron chi connectivity index (χ1n) is 14.2. The average Bonchev–Trinajstić information content (AvgIpc) is 3.57. The summed E-state index contributed by atoms with van der Waals surface area (Å²) in [6.45, 7) is 0. The lowest BCUT2D eigenvalue weighted by atomic mass is 10.0. The smallest absolute Gasteiger partial charge is 0.138 e. The fourth-order valence-corrected chi connectivity index (χ4v) is 6.59. The van der Waals surface area contributed by atoms with Gasteiger partial charge in [0, 0.05) is 56.8 Å². The fourth-order valence-electron chi connectivity index (χ4n) is 6.59.